The van der Waals surface area contributed by atoms with E-state index in [4.69, 9.17) is 0 Å². The van der Waals surface area contributed by atoms with Gasteiger partial charge in [0.2, 0.25) is 5.91 Å². The quantitative estimate of drug-likeness (QED) is 0.759. The van der Waals surface area contributed by atoms with Gasteiger partial charge in [0, 0.05) is 23.6 Å². The number of aromatic nitrogens is 1. The van der Waals surface area contributed by atoms with Gasteiger partial charge in [-0.1, -0.05) is 43.9 Å². The van der Waals surface area contributed by atoms with Crippen LogP contribution in [0.25, 0.3) is 10.9 Å². The minimum Gasteiger partial charge on any atom is -0.388 e. The minimum absolute atomic E-state index is 0.0231. The largest absolute Gasteiger partial charge is 0.388 e. The van der Waals surface area contributed by atoms with E-state index in [1.54, 1.807) is 0 Å². The van der Waals surface area contributed by atoms with Crippen LogP contribution in [0.2, 0.25) is 0 Å². The van der Waals surface area contributed by atoms with Crippen molar-refractivity contribution in [2.24, 2.45) is 0 Å². The first-order valence-electron chi connectivity index (χ1n) is 8.62. The van der Waals surface area contributed by atoms with Crippen LogP contribution in [-0.2, 0) is 11.2 Å². The standard InChI is InChI=1S/C19H26N2O2/c1-14-7-6-8-16-15(12-20-18(14)16)11-17(22)21-13-19(23)9-4-2-3-5-10-19/h6-8,12,20,23H,2-5,9-11,13H2,1H3,(H,21,22). The lowest BCUT2D eigenvalue weighted by molar-refractivity contribution is -0.121. The summed E-state index contributed by atoms with van der Waals surface area (Å²) in [5, 5.41) is 14.7. The van der Waals surface area contributed by atoms with Crippen LogP contribution in [0.1, 0.15) is 49.7 Å². The number of H-pyrrole nitrogens is 1. The predicted molar refractivity (Wildman–Crippen MR) is 92.4 cm³/mol. The molecule has 0 bridgehead atoms. The topological polar surface area (TPSA) is 65.1 Å². The number of aryl methyl sites for hydroxylation is 1. The van der Waals surface area contributed by atoms with E-state index in [-0.39, 0.29) is 5.91 Å². The average Bonchev–Trinajstić information content (AvgIpc) is 2.81. The van der Waals surface area contributed by atoms with Gasteiger partial charge in [-0.25, -0.2) is 0 Å². The fourth-order valence-corrected chi connectivity index (χ4v) is 3.57. The number of carbonyl (C=O) groups excluding carboxylic acids is 1. The van der Waals surface area contributed by atoms with Crippen molar-refractivity contribution in [2.75, 3.05) is 6.54 Å². The molecule has 0 atom stereocenters. The normalized spacial score (nSPS) is 17.8. The van der Waals surface area contributed by atoms with E-state index in [2.05, 4.69) is 23.3 Å². The number of aliphatic hydroxyl groups is 1. The van der Waals surface area contributed by atoms with E-state index in [0.717, 1.165) is 42.1 Å². The number of hydrogen-bond donors (Lipinski definition) is 3. The lowest BCUT2D eigenvalue weighted by Crippen LogP contribution is -2.43. The summed E-state index contributed by atoms with van der Waals surface area (Å²) in [5.74, 6) is -0.0231. The van der Waals surface area contributed by atoms with Crippen molar-refractivity contribution in [3.8, 4) is 0 Å². The summed E-state index contributed by atoms with van der Waals surface area (Å²) < 4.78 is 0. The van der Waals surface area contributed by atoms with E-state index in [1.807, 2.05) is 18.3 Å². The zero-order valence-corrected chi connectivity index (χ0v) is 13.8. The Morgan fingerprint density at radius 3 is 2.74 bits per heavy atom. The molecule has 0 unspecified atom stereocenters. The zero-order valence-electron chi connectivity index (χ0n) is 13.8. The molecule has 1 saturated carbocycles. The Labute approximate surface area is 137 Å². The van der Waals surface area contributed by atoms with Crippen LogP contribution in [0, 0.1) is 6.92 Å². The van der Waals surface area contributed by atoms with Crippen molar-refractivity contribution in [1.29, 1.82) is 0 Å². The predicted octanol–water partition coefficient (Wildman–Crippen LogP) is 3.22. The van der Waals surface area contributed by atoms with Crippen molar-refractivity contribution in [2.45, 2.75) is 57.5 Å². The van der Waals surface area contributed by atoms with Crippen LogP contribution in [0.5, 0.6) is 0 Å². The van der Waals surface area contributed by atoms with E-state index in [9.17, 15) is 9.90 Å². The second-order valence-corrected chi connectivity index (χ2v) is 6.90. The maximum atomic E-state index is 12.3. The Morgan fingerprint density at radius 1 is 1.26 bits per heavy atom. The molecular formula is C19H26N2O2. The summed E-state index contributed by atoms with van der Waals surface area (Å²) in [6, 6.07) is 6.12. The third-order valence-corrected chi connectivity index (χ3v) is 5.01. The number of para-hydroxylation sites is 1. The number of nitrogens with one attached hydrogen (secondary N) is 2. The molecule has 0 spiro atoms. The van der Waals surface area contributed by atoms with Gasteiger partial charge in [0.15, 0.2) is 0 Å². The summed E-state index contributed by atoms with van der Waals surface area (Å²) in [7, 11) is 0. The van der Waals surface area contributed by atoms with Gasteiger partial charge in [-0.3, -0.25) is 4.79 Å². The van der Waals surface area contributed by atoms with Crippen molar-refractivity contribution in [1.82, 2.24) is 10.3 Å². The summed E-state index contributed by atoms with van der Waals surface area (Å²) in [4.78, 5) is 15.5. The maximum absolute atomic E-state index is 12.3. The summed E-state index contributed by atoms with van der Waals surface area (Å²) in [6.45, 7) is 2.43. The molecule has 1 aromatic carbocycles. The molecule has 1 aliphatic rings. The van der Waals surface area contributed by atoms with Crippen LogP contribution >= 0.6 is 0 Å². The Morgan fingerprint density at radius 2 is 2.00 bits per heavy atom. The molecule has 23 heavy (non-hydrogen) atoms. The second kappa shape index (κ2) is 6.75. The first-order valence-corrected chi connectivity index (χ1v) is 8.62. The molecule has 2 aromatic rings. The van der Waals surface area contributed by atoms with Crippen LogP contribution in [-0.4, -0.2) is 28.1 Å². The Kier molecular flexibility index (Phi) is 4.71. The highest BCUT2D eigenvalue weighted by Crippen LogP contribution is 2.26. The fraction of sp³-hybridized carbons (Fsp3) is 0.526. The van der Waals surface area contributed by atoms with Crippen molar-refractivity contribution < 1.29 is 9.90 Å². The molecule has 1 fully saturated rings. The van der Waals surface area contributed by atoms with Gasteiger partial charge in [-0.05, 0) is 30.9 Å². The van der Waals surface area contributed by atoms with Gasteiger partial charge in [0.05, 0.1) is 12.0 Å². The molecule has 0 radical (unpaired) electrons. The number of aromatic amines is 1. The maximum Gasteiger partial charge on any atom is 0.224 e. The minimum atomic E-state index is -0.719. The molecule has 4 heteroatoms. The monoisotopic (exact) mass is 314 g/mol. The Balaban J connectivity index is 1.61. The number of hydrogen-bond acceptors (Lipinski definition) is 2. The van der Waals surface area contributed by atoms with Crippen molar-refractivity contribution >= 4 is 16.8 Å². The third-order valence-electron chi connectivity index (χ3n) is 5.01. The van der Waals surface area contributed by atoms with E-state index in [0.29, 0.717) is 13.0 Å². The lowest BCUT2D eigenvalue weighted by atomic mass is 9.94. The van der Waals surface area contributed by atoms with Crippen LogP contribution in [0.3, 0.4) is 0 Å². The SMILES string of the molecule is Cc1cccc2c(CC(=O)NCC3(O)CCCCCC3)c[nH]c12. The molecule has 124 valence electrons. The lowest BCUT2D eigenvalue weighted by Gasteiger charge is -2.26. The summed E-state index contributed by atoms with van der Waals surface area (Å²) >= 11 is 0. The molecular weight excluding hydrogens is 288 g/mol. The molecule has 0 saturated heterocycles. The first kappa shape index (κ1) is 16.1. The molecule has 1 aliphatic carbocycles. The van der Waals surface area contributed by atoms with Gasteiger partial charge >= 0.3 is 0 Å². The molecule has 1 amide bonds. The van der Waals surface area contributed by atoms with Crippen LogP contribution < -0.4 is 5.32 Å². The molecule has 0 aliphatic heterocycles. The van der Waals surface area contributed by atoms with Crippen molar-refractivity contribution in [3.05, 3.63) is 35.5 Å². The second-order valence-electron chi connectivity index (χ2n) is 6.90. The molecule has 3 rings (SSSR count). The number of amides is 1. The molecule has 4 nitrogen and oxygen atoms in total. The number of benzene rings is 1. The summed E-state index contributed by atoms with van der Waals surface area (Å²) in [5.41, 5.74) is 2.57. The first-order chi connectivity index (χ1) is 11.1. The van der Waals surface area contributed by atoms with Gasteiger partial charge < -0.3 is 15.4 Å². The van der Waals surface area contributed by atoms with E-state index < -0.39 is 5.60 Å². The van der Waals surface area contributed by atoms with Gasteiger partial charge in [0.25, 0.3) is 0 Å². The number of fused-ring (bicyclic) bond motifs is 1. The highest BCUT2D eigenvalue weighted by Gasteiger charge is 2.28. The fourth-order valence-electron chi connectivity index (χ4n) is 3.57. The van der Waals surface area contributed by atoms with Crippen LogP contribution in [0.15, 0.2) is 24.4 Å². The van der Waals surface area contributed by atoms with Crippen LogP contribution in [0.4, 0.5) is 0 Å². The van der Waals surface area contributed by atoms with Gasteiger partial charge in [0.1, 0.15) is 0 Å². The van der Waals surface area contributed by atoms with Gasteiger partial charge in [-0.2, -0.15) is 0 Å². The molecule has 3 N–H and O–H groups in total. The highest BCUT2D eigenvalue weighted by molar-refractivity contribution is 5.90. The zero-order chi connectivity index (χ0) is 16.3. The molecule has 1 aromatic heterocycles. The highest BCUT2D eigenvalue weighted by atomic mass is 16.3. The smallest absolute Gasteiger partial charge is 0.224 e. The van der Waals surface area contributed by atoms with Crippen molar-refractivity contribution in [3.63, 3.8) is 0 Å². The molecule has 1 heterocycles. The van der Waals surface area contributed by atoms with Gasteiger partial charge in [-0.15, -0.1) is 0 Å². The third kappa shape index (κ3) is 3.75. The number of carbonyl (C=O) groups is 1. The number of rotatable bonds is 4. The van der Waals surface area contributed by atoms with E-state index in [1.165, 1.54) is 18.4 Å². The summed E-state index contributed by atoms with van der Waals surface area (Å²) in [6.07, 6.45) is 8.31. The Hall–Kier alpha value is -1.81. The Bertz CT molecular complexity index is 682. The average molecular weight is 314 g/mol. The van der Waals surface area contributed by atoms with E-state index >= 15 is 0 Å².